The second-order valence-corrected chi connectivity index (χ2v) is 10.5. The summed E-state index contributed by atoms with van der Waals surface area (Å²) in [5.74, 6) is 0.601. The Morgan fingerprint density at radius 2 is 2.18 bits per heavy atom. The molecule has 0 aliphatic carbocycles. The van der Waals surface area contributed by atoms with Gasteiger partial charge in [-0.25, -0.2) is 4.98 Å². The Kier molecular flexibility index (Phi) is 8.71. The maximum Gasteiger partial charge on any atom is 0.242 e. The first-order chi connectivity index (χ1) is 16.1. The predicted molar refractivity (Wildman–Crippen MR) is 127 cm³/mol. The van der Waals surface area contributed by atoms with Gasteiger partial charge in [-0.1, -0.05) is 17.8 Å². The zero-order chi connectivity index (χ0) is 23.0. The first kappa shape index (κ1) is 24.1. The Balaban J connectivity index is 1.41. The number of amides is 2. The van der Waals surface area contributed by atoms with Gasteiger partial charge in [0.05, 0.1) is 25.0 Å². The van der Waals surface area contributed by atoms with E-state index in [0.717, 1.165) is 41.7 Å². The van der Waals surface area contributed by atoms with E-state index in [0.29, 0.717) is 32.2 Å². The van der Waals surface area contributed by atoms with Crippen molar-refractivity contribution in [1.82, 2.24) is 19.8 Å². The highest BCUT2D eigenvalue weighted by molar-refractivity contribution is 8.01. The third-order valence-electron chi connectivity index (χ3n) is 5.82. The number of carbonyl (C=O) groups is 2. The Bertz CT molecular complexity index is 920. The van der Waals surface area contributed by atoms with Crippen molar-refractivity contribution in [3.8, 4) is 0 Å². The van der Waals surface area contributed by atoms with Crippen LogP contribution in [0.15, 0.2) is 34.2 Å². The van der Waals surface area contributed by atoms with Crippen molar-refractivity contribution >= 4 is 34.9 Å². The van der Waals surface area contributed by atoms with Gasteiger partial charge in [0.25, 0.3) is 0 Å². The minimum Gasteiger partial charge on any atom is -0.381 e. The van der Waals surface area contributed by atoms with Gasteiger partial charge in [-0.15, -0.1) is 11.3 Å². The summed E-state index contributed by atoms with van der Waals surface area (Å²) in [6.07, 6.45) is 5.16. The molecule has 2 aromatic heterocycles. The second-order valence-electron chi connectivity index (χ2n) is 8.47. The molecule has 0 saturated carbocycles. The van der Waals surface area contributed by atoms with Crippen LogP contribution in [0.25, 0.3) is 0 Å². The summed E-state index contributed by atoms with van der Waals surface area (Å²) in [5, 5.41) is 1.97. The van der Waals surface area contributed by atoms with Gasteiger partial charge in [0, 0.05) is 56.3 Å². The number of rotatable bonds is 8. The zero-order valence-corrected chi connectivity index (χ0v) is 20.5. The number of ether oxygens (including phenoxy) is 2. The Morgan fingerprint density at radius 3 is 2.91 bits per heavy atom. The van der Waals surface area contributed by atoms with Crippen molar-refractivity contribution in [1.29, 1.82) is 0 Å². The molecule has 0 radical (unpaired) electrons. The van der Waals surface area contributed by atoms with E-state index in [-0.39, 0.29) is 30.2 Å². The number of aryl methyl sites for hydroxylation is 1. The molecule has 0 N–H and O–H groups in total. The summed E-state index contributed by atoms with van der Waals surface area (Å²) in [6.45, 7) is 5.47. The molecule has 2 aliphatic heterocycles. The normalized spacial score (nSPS) is 20.2. The third kappa shape index (κ3) is 7.23. The molecule has 178 valence electrons. The summed E-state index contributed by atoms with van der Waals surface area (Å²) in [4.78, 5) is 38.2. The molecule has 0 bridgehead atoms. The molecule has 33 heavy (non-hydrogen) atoms. The van der Waals surface area contributed by atoms with Crippen LogP contribution in [0, 0.1) is 12.8 Å². The molecule has 0 spiro atoms. The molecule has 10 heteroatoms. The lowest BCUT2D eigenvalue weighted by molar-refractivity contribution is -0.137. The molecular weight excluding hydrogens is 460 g/mol. The number of nitrogens with zero attached hydrogens (tertiary/aromatic N) is 4. The van der Waals surface area contributed by atoms with Crippen molar-refractivity contribution < 1.29 is 19.1 Å². The van der Waals surface area contributed by atoms with Crippen LogP contribution in [-0.4, -0.2) is 82.8 Å². The fraction of sp³-hybridized carbons (Fsp3) is 0.565. The predicted octanol–water partition coefficient (Wildman–Crippen LogP) is 2.62. The van der Waals surface area contributed by atoms with Crippen LogP contribution >= 0.6 is 23.1 Å². The molecule has 2 fully saturated rings. The largest absolute Gasteiger partial charge is 0.381 e. The van der Waals surface area contributed by atoms with Crippen LogP contribution in [0.3, 0.4) is 0 Å². The Morgan fingerprint density at radius 1 is 1.33 bits per heavy atom. The quantitative estimate of drug-likeness (QED) is 0.526. The van der Waals surface area contributed by atoms with Crippen LogP contribution in [-0.2, 0) is 25.7 Å². The number of thioether (sulfide) groups is 1. The highest BCUT2D eigenvalue weighted by atomic mass is 32.2. The third-order valence-corrected chi connectivity index (χ3v) is 7.95. The lowest BCUT2D eigenvalue weighted by Crippen LogP contribution is -2.42. The lowest BCUT2D eigenvalue weighted by atomic mass is 9.99. The van der Waals surface area contributed by atoms with E-state index in [1.807, 2.05) is 29.3 Å². The van der Waals surface area contributed by atoms with Crippen LogP contribution in [0.1, 0.15) is 24.1 Å². The maximum absolute atomic E-state index is 13.1. The van der Waals surface area contributed by atoms with Crippen molar-refractivity contribution in [3.05, 3.63) is 41.2 Å². The summed E-state index contributed by atoms with van der Waals surface area (Å²) in [5.41, 5.74) is 1.92. The van der Waals surface area contributed by atoms with E-state index in [1.54, 1.807) is 17.3 Å². The van der Waals surface area contributed by atoms with Crippen molar-refractivity contribution in [2.24, 2.45) is 5.92 Å². The average Bonchev–Trinajstić information content (AvgIpc) is 3.19. The standard InChI is InChI=1S/C23H30N4O4S2/c1-17-15-32-23(25-17)33-16-22(29)27-12-20(31-14-19-3-2-6-24-9-19)11-26(21(28)13-27)10-18-4-7-30-8-5-18/h2-3,6,9,15,18,20H,4-5,7-8,10-14,16H2,1H3/t20-/m0/s1. The molecule has 0 aromatic carbocycles. The highest BCUT2D eigenvalue weighted by Crippen LogP contribution is 2.24. The summed E-state index contributed by atoms with van der Waals surface area (Å²) in [6, 6.07) is 3.84. The molecule has 0 unspecified atom stereocenters. The van der Waals surface area contributed by atoms with Crippen LogP contribution in [0.2, 0.25) is 0 Å². The van der Waals surface area contributed by atoms with E-state index < -0.39 is 0 Å². The molecule has 2 aromatic rings. The highest BCUT2D eigenvalue weighted by Gasteiger charge is 2.32. The van der Waals surface area contributed by atoms with Gasteiger partial charge in [-0.2, -0.15) is 0 Å². The molecule has 8 nitrogen and oxygen atoms in total. The fourth-order valence-corrected chi connectivity index (χ4v) is 5.75. The van der Waals surface area contributed by atoms with Gasteiger partial charge in [-0.3, -0.25) is 14.6 Å². The monoisotopic (exact) mass is 490 g/mol. The number of thiazole rings is 1. The number of aromatic nitrogens is 2. The fourth-order valence-electron chi connectivity index (χ4n) is 4.00. The van der Waals surface area contributed by atoms with Gasteiger partial charge in [0.1, 0.15) is 0 Å². The molecular formula is C23H30N4O4S2. The van der Waals surface area contributed by atoms with Crippen molar-refractivity contribution in [3.63, 3.8) is 0 Å². The summed E-state index contributed by atoms with van der Waals surface area (Å²) < 4.78 is 12.5. The van der Waals surface area contributed by atoms with Gasteiger partial charge in [0.2, 0.25) is 11.8 Å². The van der Waals surface area contributed by atoms with Gasteiger partial charge in [0.15, 0.2) is 4.34 Å². The lowest BCUT2D eigenvalue weighted by Gasteiger charge is -2.30. The minimum absolute atomic E-state index is 0.0163. The summed E-state index contributed by atoms with van der Waals surface area (Å²) in [7, 11) is 0. The van der Waals surface area contributed by atoms with E-state index >= 15 is 0 Å². The van der Waals surface area contributed by atoms with Crippen LogP contribution < -0.4 is 0 Å². The molecule has 2 aliphatic rings. The molecule has 4 heterocycles. The smallest absolute Gasteiger partial charge is 0.242 e. The number of hydrogen-bond donors (Lipinski definition) is 0. The van der Waals surface area contributed by atoms with Gasteiger partial charge < -0.3 is 19.3 Å². The van der Waals surface area contributed by atoms with Crippen molar-refractivity contribution in [2.45, 2.75) is 36.8 Å². The van der Waals surface area contributed by atoms with Gasteiger partial charge >= 0.3 is 0 Å². The number of pyridine rings is 1. The minimum atomic E-state index is -0.257. The average molecular weight is 491 g/mol. The van der Waals surface area contributed by atoms with E-state index in [9.17, 15) is 9.59 Å². The maximum atomic E-state index is 13.1. The van der Waals surface area contributed by atoms with E-state index in [4.69, 9.17) is 9.47 Å². The van der Waals surface area contributed by atoms with Crippen LogP contribution in [0.4, 0.5) is 0 Å². The summed E-state index contributed by atoms with van der Waals surface area (Å²) >= 11 is 2.95. The SMILES string of the molecule is Cc1csc(SCC(=O)N2CC(=O)N(CC3CCOCC3)C[C@H](OCc3cccnc3)C2)n1. The second kappa shape index (κ2) is 11.9. The van der Waals surface area contributed by atoms with Crippen molar-refractivity contribution in [2.75, 3.05) is 45.1 Å². The van der Waals surface area contributed by atoms with E-state index in [1.165, 1.54) is 23.1 Å². The first-order valence-corrected chi connectivity index (χ1v) is 13.1. The Labute approximate surface area is 202 Å². The zero-order valence-electron chi connectivity index (χ0n) is 18.9. The van der Waals surface area contributed by atoms with Gasteiger partial charge in [-0.05, 0) is 37.3 Å². The van der Waals surface area contributed by atoms with E-state index in [2.05, 4.69) is 9.97 Å². The molecule has 1 atom stereocenters. The molecule has 2 amide bonds. The number of carbonyl (C=O) groups excluding carboxylic acids is 2. The topological polar surface area (TPSA) is 84.9 Å². The van der Waals surface area contributed by atoms with Crippen LogP contribution in [0.5, 0.6) is 0 Å². The molecule has 2 saturated heterocycles. The Hall–Kier alpha value is -2.01. The molecule has 4 rings (SSSR count). The first-order valence-electron chi connectivity index (χ1n) is 11.3. The number of hydrogen-bond acceptors (Lipinski definition) is 8.